The van der Waals surface area contributed by atoms with Gasteiger partial charge in [0.15, 0.2) is 0 Å². The van der Waals surface area contributed by atoms with Gasteiger partial charge in [0, 0.05) is 7.11 Å². The van der Waals surface area contributed by atoms with Gasteiger partial charge in [0.1, 0.15) is 6.10 Å². The van der Waals surface area contributed by atoms with Gasteiger partial charge in [-0.05, 0) is 24.8 Å². The first kappa shape index (κ1) is 13.3. The predicted octanol–water partition coefficient (Wildman–Crippen LogP) is 2.43. The Bertz CT molecular complexity index is 555. The lowest BCUT2D eigenvalue weighted by atomic mass is 10.1. The Balaban J connectivity index is 1.85. The number of aromatic nitrogens is 2. The molecule has 3 rings (SSSR count). The molecule has 0 saturated heterocycles. The SMILES string of the molecule is COC(c1ccccc1)c1noc(C2CCCC2O)n1. The summed E-state index contributed by atoms with van der Waals surface area (Å²) in [7, 11) is 1.62. The van der Waals surface area contributed by atoms with Crippen LogP contribution in [-0.4, -0.2) is 28.5 Å². The van der Waals surface area contributed by atoms with E-state index in [2.05, 4.69) is 10.1 Å². The van der Waals surface area contributed by atoms with E-state index < -0.39 is 0 Å². The number of methoxy groups -OCH3 is 1. The van der Waals surface area contributed by atoms with E-state index in [0.717, 1.165) is 24.8 Å². The molecule has 1 aromatic heterocycles. The number of aliphatic hydroxyl groups excluding tert-OH is 1. The van der Waals surface area contributed by atoms with E-state index in [4.69, 9.17) is 9.26 Å². The van der Waals surface area contributed by atoms with Gasteiger partial charge in [-0.15, -0.1) is 0 Å². The fraction of sp³-hybridized carbons (Fsp3) is 0.467. The molecule has 20 heavy (non-hydrogen) atoms. The van der Waals surface area contributed by atoms with Gasteiger partial charge in [-0.2, -0.15) is 4.98 Å². The summed E-state index contributed by atoms with van der Waals surface area (Å²) < 4.78 is 10.8. The monoisotopic (exact) mass is 274 g/mol. The van der Waals surface area contributed by atoms with Crippen LogP contribution < -0.4 is 0 Å². The van der Waals surface area contributed by atoms with Gasteiger partial charge in [0.2, 0.25) is 11.7 Å². The zero-order valence-electron chi connectivity index (χ0n) is 11.4. The maximum absolute atomic E-state index is 9.91. The van der Waals surface area contributed by atoms with Gasteiger partial charge in [-0.3, -0.25) is 0 Å². The number of aliphatic hydroxyl groups is 1. The molecule has 5 heteroatoms. The van der Waals surface area contributed by atoms with Gasteiger partial charge in [-0.25, -0.2) is 0 Å². The lowest BCUT2D eigenvalue weighted by Crippen LogP contribution is -2.12. The van der Waals surface area contributed by atoms with Crippen LogP contribution in [0.2, 0.25) is 0 Å². The van der Waals surface area contributed by atoms with Crippen LogP contribution in [0.15, 0.2) is 34.9 Å². The molecule has 106 valence electrons. The van der Waals surface area contributed by atoms with Gasteiger partial charge >= 0.3 is 0 Å². The molecule has 2 aromatic rings. The molecule has 0 spiro atoms. The van der Waals surface area contributed by atoms with E-state index in [9.17, 15) is 5.11 Å². The summed E-state index contributed by atoms with van der Waals surface area (Å²) >= 11 is 0. The normalized spacial score (nSPS) is 23.9. The average Bonchev–Trinajstić information content (AvgIpc) is 3.10. The molecule has 0 aliphatic heterocycles. The summed E-state index contributed by atoms with van der Waals surface area (Å²) in [6, 6.07) is 9.78. The van der Waals surface area contributed by atoms with Crippen LogP contribution in [0.5, 0.6) is 0 Å². The number of rotatable bonds is 4. The number of nitrogens with zero attached hydrogens (tertiary/aromatic N) is 2. The summed E-state index contributed by atoms with van der Waals surface area (Å²) in [4.78, 5) is 4.43. The molecule has 1 saturated carbocycles. The van der Waals surface area contributed by atoms with Crippen molar-refractivity contribution in [3.63, 3.8) is 0 Å². The van der Waals surface area contributed by atoms with E-state index in [-0.39, 0.29) is 18.1 Å². The summed E-state index contributed by atoms with van der Waals surface area (Å²) in [5.41, 5.74) is 0.981. The smallest absolute Gasteiger partial charge is 0.232 e. The summed E-state index contributed by atoms with van der Waals surface area (Å²) in [6.45, 7) is 0. The van der Waals surface area contributed by atoms with Crippen LogP contribution >= 0.6 is 0 Å². The largest absolute Gasteiger partial charge is 0.392 e. The predicted molar refractivity (Wildman–Crippen MR) is 72.2 cm³/mol. The average molecular weight is 274 g/mol. The summed E-state index contributed by atoms with van der Waals surface area (Å²) in [6.07, 6.45) is 1.98. The van der Waals surface area contributed by atoms with Crippen molar-refractivity contribution in [2.75, 3.05) is 7.11 Å². The van der Waals surface area contributed by atoms with E-state index in [1.807, 2.05) is 30.3 Å². The highest BCUT2D eigenvalue weighted by atomic mass is 16.5. The van der Waals surface area contributed by atoms with Crippen LogP contribution in [0.1, 0.15) is 48.6 Å². The minimum atomic E-state index is -0.374. The van der Waals surface area contributed by atoms with Crippen LogP contribution in [0.25, 0.3) is 0 Å². The van der Waals surface area contributed by atoms with Gasteiger partial charge < -0.3 is 14.4 Å². The second-order valence-electron chi connectivity index (χ2n) is 5.12. The van der Waals surface area contributed by atoms with Crippen molar-refractivity contribution in [2.24, 2.45) is 0 Å². The molecule has 1 N–H and O–H groups in total. The van der Waals surface area contributed by atoms with Gasteiger partial charge in [0.25, 0.3) is 0 Å². The highest BCUT2D eigenvalue weighted by Gasteiger charge is 2.32. The number of ether oxygens (including phenoxy) is 1. The van der Waals surface area contributed by atoms with Crippen LogP contribution in [0.3, 0.4) is 0 Å². The molecular formula is C15H18N2O3. The molecular weight excluding hydrogens is 256 g/mol. The van der Waals surface area contributed by atoms with E-state index in [0.29, 0.717) is 11.7 Å². The molecule has 1 fully saturated rings. The highest BCUT2D eigenvalue weighted by Crippen LogP contribution is 2.34. The maximum Gasteiger partial charge on any atom is 0.232 e. The second-order valence-corrected chi connectivity index (χ2v) is 5.12. The Kier molecular flexibility index (Phi) is 3.80. The standard InChI is InChI=1S/C15H18N2O3/c1-19-13(10-6-3-2-4-7-10)14-16-15(20-17-14)11-8-5-9-12(11)18/h2-4,6-7,11-13,18H,5,8-9H2,1H3. The Labute approximate surface area is 117 Å². The third-order valence-electron chi connectivity index (χ3n) is 3.83. The Hall–Kier alpha value is -1.72. The Morgan fingerprint density at radius 3 is 2.75 bits per heavy atom. The lowest BCUT2D eigenvalue weighted by Gasteiger charge is -2.11. The van der Waals surface area contributed by atoms with Crippen molar-refractivity contribution in [3.8, 4) is 0 Å². The van der Waals surface area contributed by atoms with Crippen LogP contribution in [0, 0.1) is 0 Å². The minimum absolute atomic E-state index is 0.0375. The van der Waals surface area contributed by atoms with Crippen molar-refractivity contribution in [1.82, 2.24) is 10.1 Å². The third kappa shape index (κ3) is 2.46. The molecule has 1 aromatic carbocycles. The quantitative estimate of drug-likeness (QED) is 0.927. The van der Waals surface area contributed by atoms with Crippen molar-refractivity contribution in [1.29, 1.82) is 0 Å². The van der Waals surface area contributed by atoms with Crippen molar-refractivity contribution in [2.45, 2.75) is 37.4 Å². The molecule has 0 radical (unpaired) electrons. The second kappa shape index (κ2) is 5.73. The van der Waals surface area contributed by atoms with Crippen molar-refractivity contribution < 1.29 is 14.4 Å². The van der Waals surface area contributed by atoms with E-state index in [1.165, 1.54) is 0 Å². The number of benzene rings is 1. The fourth-order valence-corrected chi connectivity index (χ4v) is 2.75. The highest BCUT2D eigenvalue weighted by molar-refractivity contribution is 5.22. The number of hydrogen-bond acceptors (Lipinski definition) is 5. The Morgan fingerprint density at radius 2 is 2.10 bits per heavy atom. The molecule has 3 atom stereocenters. The van der Waals surface area contributed by atoms with E-state index in [1.54, 1.807) is 7.11 Å². The third-order valence-corrected chi connectivity index (χ3v) is 3.83. The van der Waals surface area contributed by atoms with Crippen LogP contribution in [0.4, 0.5) is 0 Å². The zero-order chi connectivity index (χ0) is 13.9. The molecule has 1 aliphatic rings. The minimum Gasteiger partial charge on any atom is -0.392 e. The van der Waals surface area contributed by atoms with Gasteiger partial charge in [0.05, 0.1) is 12.0 Å². The summed E-state index contributed by atoms with van der Waals surface area (Å²) in [5, 5.41) is 13.9. The molecule has 5 nitrogen and oxygen atoms in total. The zero-order valence-corrected chi connectivity index (χ0v) is 11.4. The van der Waals surface area contributed by atoms with Gasteiger partial charge in [-0.1, -0.05) is 35.5 Å². The Morgan fingerprint density at radius 1 is 1.30 bits per heavy atom. The van der Waals surface area contributed by atoms with Crippen LogP contribution in [-0.2, 0) is 4.74 Å². The summed E-state index contributed by atoms with van der Waals surface area (Å²) in [5.74, 6) is 0.986. The van der Waals surface area contributed by atoms with Crippen molar-refractivity contribution >= 4 is 0 Å². The first-order chi connectivity index (χ1) is 9.79. The lowest BCUT2D eigenvalue weighted by molar-refractivity contribution is 0.126. The van der Waals surface area contributed by atoms with Crippen molar-refractivity contribution in [3.05, 3.63) is 47.6 Å². The fourth-order valence-electron chi connectivity index (χ4n) is 2.75. The molecule has 1 heterocycles. The first-order valence-corrected chi connectivity index (χ1v) is 6.89. The van der Waals surface area contributed by atoms with E-state index >= 15 is 0 Å². The number of hydrogen-bond donors (Lipinski definition) is 1. The molecule has 0 bridgehead atoms. The topological polar surface area (TPSA) is 68.4 Å². The first-order valence-electron chi connectivity index (χ1n) is 6.89. The maximum atomic E-state index is 9.91. The molecule has 3 unspecified atom stereocenters. The molecule has 0 amide bonds. The molecule has 1 aliphatic carbocycles.